The molecule has 0 saturated heterocycles. The fourth-order valence-electron chi connectivity index (χ4n) is 10.2. The van der Waals surface area contributed by atoms with E-state index in [1.807, 2.05) is 0 Å². The van der Waals surface area contributed by atoms with Crippen LogP contribution in [0.3, 0.4) is 0 Å². The number of aromatic nitrogens is 4. The molecule has 0 unspecified atom stereocenters. The maximum absolute atomic E-state index is 7.34. The highest BCUT2D eigenvalue weighted by molar-refractivity contribution is 6.74. The number of fused-ring (bicyclic) bond motifs is 10. The number of hydrogen-bond donors (Lipinski definition) is 0. The summed E-state index contributed by atoms with van der Waals surface area (Å²) >= 11 is 0. The van der Waals surface area contributed by atoms with E-state index in [0.29, 0.717) is 0 Å². The molecule has 32 heteroatoms. The van der Waals surface area contributed by atoms with Gasteiger partial charge in [0, 0.05) is 54.8 Å². The number of nitrogens with zero attached hydrogens (tertiary/aromatic N) is 4. The molecule has 6 nitrogen and oxygen atoms in total. The Kier molecular flexibility index (Phi) is 12.6. The van der Waals surface area contributed by atoms with Crippen LogP contribution in [0.1, 0.15) is 0 Å². The van der Waals surface area contributed by atoms with Crippen molar-refractivity contribution in [2.24, 2.45) is 0 Å². The van der Waals surface area contributed by atoms with Gasteiger partial charge in [-0.1, -0.05) is 81.9 Å². The highest BCUT2D eigenvalue weighted by Crippen LogP contribution is 2.37. The summed E-state index contributed by atoms with van der Waals surface area (Å²) in [6.45, 7) is 0. The fraction of sp³-hybridized carbons (Fsp3) is 0. The first-order valence-corrected chi connectivity index (χ1v) is 22.3. The van der Waals surface area contributed by atoms with Crippen molar-refractivity contribution < 1.29 is 8.83 Å². The number of hydrogen-bond acceptors (Lipinski definition) is 5. The summed E-state index contributed by atoms with van der Waals surface area (Å²) in [5, 5.41) is 0.707. The Balaban J connectivity index is 1.28. The van der Waals surface area contributed by atoms with E-state index < -0.39 is 0 Å². The summed E-state index contributed by atoms with van der Waals surface area (Å²) in [5.41, 5.74) is -3.86. The van der Waals surface area contributed by atoms with Crippen molar-refractivity contribution in [1.82, 2.24) is 19.5 Å². The Morgan fingerprint density at radius 1 is 0.208 bits per heavy atom. The zero-order valence-corrected chi connectivity index (χ0v) is 40.1. The van der Waals surface area contributed by atoms with Gasteiger partial charge in [-0.05, 0) is 10.8 Å². The van der Waals surface area contributed by atoms with Crippen LogP contribution in [0.15, 0.2) is 8.83 Å². The minimum atomic E-state index is -0.303. The average molecular weight is 910 g/mol. The Labute approximate surface area is 476 Å². The van der Waals surface area contributed by atoms with Crippen LogP contribution in [0, 0.1) is 0 Å². The first-order chi connectivity index (χ1) is 36.1. The van der Waals surface area contributed by atoms with Crippen molar-refractivity contribution in [1.29, 1.82) is 0 Å². The molecule has 77 heavy (non-hydrogen) atoms. The van der Waals surface area contributed by atoms with Gasteiger partial charge >= 0.3 is 0 Å². The molecule has 0 aliphatic heterocycles. The normalized spacial score (nSPS) is 11.9. The zero-order valence-electron chi connectivity index (χ0n) is 40.1. The van der Waals surface area contributed by atoms with E-state index >= 15 is 0 Å². The monoisotopic (exact) mass is 914 g/mol. The Hall–Kier alpha value is -5.36. The number of furan rings is 2. The second-order valence-corrected chi connectivity index (χ2v) is 18.3. The minimum absolute atomic E-state index is 0.00112. The molecule has 4 aromatic heterocycles. The smallest absolute Gasteiger partial charge is 0.163 e. The molecule has 7 aromatic carbocycles. The van der Waals surface area contributed by atoms with Crippen molar-refractivity contribution in [3.63, 3.8) is 0 Å². The molecule has 0 aliphatic carbocycles. The predicted molar refractivity (Wildman–Crippen MR) is 345 cm³/mol. The fourth-order valence-corrected chi connectivity index (χ4v) is 10.2. The first kappa shape index (κ1) is 53.6. The number of benzene rings is 7. The summed E-state index contributed by atoms with van der Waals surface area (Å²) in [4.78, 5) is 14.0. The molecule has 0 fully saturated rings. The van der Waals surface area contributed by atoms with Crippen molar-refractivity contribution in [3.8, 4) is 39.9 Å². The SMILES string of the molecule is [B]c1c([B])c([B])c(-c2nc(-c3c([B])c([B])c([B])c([B])c3[B])nc(-c3c([B])c([B])c4c(oc5c([B])c([B])c(-n6c7c([B])c([B])c([B])c([B])c7c7c([B])c([B])c8c(oc9c([B])c([B])c([B])c([B])c98)c76)c([B])c54)c3[B])n2)c([B])c1[B]. The van der Waals surface area contributed by atoms with E-state index in [-0.39, 0.29) is 248 Å². The minimum Gasteiger partial charge on any atom is -0.457 e. The lowest BCUT2D eigenvalue weighted by Crippen LogP contribution is -2.55. The summed E-state index contributed by atoms with van der Waals surface area (Å²) in [5.74, 6) is -0.848. The summed E-state index contributed by atoms with van der Waals surface area (Å²) in [7, 11) is 172. The summed E-state index contributed by atoms with van der Waals surface area (Å²) in [6, 6.07) is 0. The second kappa shape index (κ2) is 18.1. The maximum Gasteiger partial charge on any atom is 0.163 e. The molecule has 0 spiro atoms. The molecule has 0 aliphatic rings. The second-order valence-electron chi connectivity index (χ2n) is 18.3. The topological polar surface area (TPSA) is 69.9 Å². The van der Waals surface area contributed by atoms with E-state index in [1.165, 1.54) is 4.57 Å². The highest BCUT2D eigenvalue weighted by atomic mass is 16.3. The third-order valence-corrected chi connectivity index (χ3v) is 14.4. The lowest BCUT2D eigenvalue weighted by Gasteiger charge is -2.23. The van der Waals surface area contributed by atoms with Crippen molar-refractivity contribution >= 4 is 412 Å². The molecule has 0 N–H and O–H groups in total. The third-order valence-electron chi connectivity index (χ3n) is 14.4. The average Bonchev–Trinajstić information content (AvgIpc) is 4.14. The van der Waals surface area contributed by atoms with E-state index in [4.69, 9.17) is 223 Å². The molecule has 0 saturated carbocycles. The van der Waals surface area contributed by atoms with E-state index in [1.54, 1.807) is 0 Å². The van der Waals surface area contributed by atoms with Crippen LogP contribution in [0.2, 0.25) is 0 Å². The van der Waals surface area contributed by atoms with Crippen LogP contribution >= 0.6 is 0 Å². The van der Waals surface area contributed by atoms with Gasteiger partial charge in [-0.3, -0.25) is 0 Å². The van der Waals surface area contributed by atoms with Crippen LogP contribution in [-0.4, -0.2) is 224 Å². The molecular weight excluding hydrogens is 910 g/mol. The maximum atomic E-state index is 7.34. The van der Waals surface area contributed by atoms with Gasteiger partial charge in [0.2, 0.25) is 0 Å². The first-order valence-electron chi connectivity index (χ1n) is 22.3. The number of rotatable bonds is 4. The molecule has 52 radical (unpaired) electrons. The molecule has 0 amide bonds. The van der Waals surface area contributed by atoms with E-state index in [9.17, 15) is 0 Å². The van der Waals surface area contributed by atoms with Crippen LogP contribution in [0.5, 0.6) is 0 Å². The van der Waals surface area contributed by atoms with Gasteiger partial charge in [0.05, 0.1) is 5.52 Å². The van der Waals surface area contributed by atoms with Gasteiger partial charge in [-0.2, -0.15) is 0 Å². The molecule has 290 valence electrons. The molecule has 11 aromatic rings. The predicted octanol–water partition coefficient (Wildman–Crippen LogP) is -19.6. The molecule has 0 atom stereocenters. The van der Waals surface area contributed by atoms with Gasteiger partial charge in [0.25, 0.3) is 0 Å². The molecule has 11 rings (SSSR count). The quantitative estimate of drug-likeness (QED) is 0.165. The largest absolute Gasteiger partial charge is 0.457 e. The standard InChI is InChI=1S/C45B26N4O2/c46-10-2-1-11(47)22(58)30(66)32(68)36(1)75(37(2)42-5(13(10)49)3-14(50)23(59)31(67)34(70)40(3)77-42)38-20(56)6-4-12(48)15(51)9(21(57)39(4)76-41(6)35(71)33(38)69)45-73-43(7-16(52)24(60)28(64)25(61)17(7)53)72-44(74-45)8-18(54)26(62)29(65)27(63)19(8)55. The van der Waals surface area contributed by atoms with Crippen LogP contribution < -0.4 is 142 Å². The lowest BCUT2D eigenvalue weighted by molar-refractivity contribution is 0.674. The van der Waals surface area contributed by atoms with Crippen molar-refractivity contribution in [2.45, 2.75) is 0 Å². The zero-order chi connectivity index (χ0) is 56.1. The van der Waals surface area contributed by atoms with Crippen LogP contribution in [-0.2, 0) is 0 Å². The molecule has 4 heterocycles. The third kappa shape index (κ3) is 6.96. The van der Waals surface area contributed by atoms with Crippen LogP contribution in [0.4, 0.5) is 0 Å². The summed E-state index contributed by atoms with van der Waals surface area (Å²) in [6.07, 6.45) is 0. The van der Waals surface area contributed by atoms with E-state index in [2.05, 4.69) is 4.98 Å². The van der Waals surface area contributed by atoms with Gasteiger partial charge in [0.15, 0.2) is 23.1 Å². The Morgan fingerprint density at radius 3 is 0.935 bits per heavy atom. The van der Waals surface area contributed by atoms with Crippen molar-refractivity contribution in [3.05, 3.63) is 0 Å². The van der Waals surface area contributed by atoms with Crippen LogP contribution in [0.25, 0.3) is 106 Å². The van der Waals surface area contributed by atoms with E-state index in [0.717, 1.165) is 0 Å². The van der Waals surface area contributed by atoms with Gasteiger partial charge < -0.3 is 13.4 Å². The Bertz CT molecular complexity index is 4520. The van der Waals surface area contributed by atoms with Gasteiger partial charge in [-0.25, -0.2) is 15.0 Å². The molecule has 0 bridgehead atoms. The van der Waals surface area contributed by atoms with Crippen molar-refractivity contribution in [2.75, 3.05) is 0 Å². The van der Waals surface area contributed by atoms with Gasteiger partial charge in [0.1, 0.15) is 221 Å². The summed E-state index contributed by atoms with van der Waals surface area (Å²) < 4.78 is 14.5. The molecular formula is C45B26N4O2. The van der Waals surface area contributed by atoms with Gasteiger partial charge in [-0.15, -0.1) is 54.6 Å². The Morgan fingerprint density at radius 2 is 0.468 bits per heavy atom. The lowest BCUT2D eigenvalue weighted by atomic mass is 9.60. The highest BCUT2D eigenvalue weighted by Gasteiger charge is 2.31.